The van der Waals surface area contributed by atoms with E-state index >= 15 is 0 Å². The zero-order valence-electron chi connectivity index (χ0n) is 8.64. The van der Waals surface area contributed by atoms with Gasteiger partial charge in [-0.3, -0.25) is 0 Å². The van der Waals surface area contributed by atoms with E-state index in [1.165, 1.54) is 0 Å². The molecule has 1 heterocycles. The Hall–Kier alpha value is -0.620. The molecule has 0 aromatic heterocycles. The van der Waals surface area contributed by atoms with E-state index in [0.717, 1.165) is 10.2 Å². The van der Waals surface area contributed by atoms with Crippen molar-refractivity contribution in [1.82, 2.24) is 0 Å². The zero-order valence-corrected chi connectivity index (χ0v) is 10.2. The highest BCUT2D eigenvalue weighted by molar-refractivity contribution is 9.10. The number of hydrogen-bond donors (Lipinski definition) is 1. The molecule has 2 rings (SSSR count). The SMILES string of the molecule is O[C@H]1COC[C@@H](COc2ccc(Br)cc2)O1. The summed E-state index contributed by atoms with van der Waals surface area (Å²) < 4.78 is 16.9. The van der Waals surface area contributed by atoms with Crippen LogP contribution in [0.4, 0.5) is 0 Å². The van der Waals surface area contributed by atoms with Gasteiger partial charge in [0.1, 0.15) is 18.5 Å². The Kier molecular flexibility index (Phi) is 4.17. The van der Waals surface area contributed by atoms with Crippen LogP contribution in [0.2, 0.25) is 0 Å². The molecule has 5 heteroatoms. The van der Waals surface area contributed by atoms with Gasteiger partial charge < -0.3 is 19.3 Å². The lowest BCUT2D eigenvalue weighted by molar-refractivity contribution is -0.225. The van der Waals surface area contributed by atoms with Crippen molar-refractivity contribution in [2.75, 3.05) is 19.8 Å². The molecule has 0 radical (unpaired) electrons. The van der Waals surface area contributed by atoms with Gasteiger partial charge in [0.25, 0.3) is 0 Å². The highest BCUT2D eigenvalue weighted by Gasteiger charge is 2.21. The molecule has 0 bridgehead atoms. The van der Waals surface area contributed by atoms with Crippen LogP contribution in [0.25, 0.3) is 0 Å². The fraction of sp³-hybridized carbons (Fsp3) is 0.455. The molecule has 0 unspecified atom stereocenters. The summed E-state index contributed by atoms with van der Waals surface area (Å²) in [7, 11) is 0. The van der Waals surface area contributed by atoms with E-state index in [2.05, 4.69) is 15.9 Å². The summed E-state index contributed by atoms with van der Waals surface area (Å²) in [5, 5.41) is 9.20. The van der Waals surface area contributed by atoms with E-state index in [0.29, 0.717) is 13.2 Å². The minimum Gasteiger partial charge on any atom is -0.491 e. The second-order valence-corrected chi connectivity index (χ2v) is 4.43. The summed E-state index contributed by atoms with van der Waals surface area (Å²) in [6.45, 7) is 1.06. The van der Waals surface area contributed by atoms with Crippen LogP contribution in [0, 0.1) is 0 Å². The molecule has 0 saturated carbocycles. The van der Waals surface area contributed by atoms with E-state index in [1.54, 1.807) is 0 Å². The van der Waals surface area contributed by atoms with Gasteiger partial charge in [0.2, 0.25) is 0 Å². The predicted octanol–water partition coefficient (Wildman–Crippen LogP) is 1.56. The summed E-state index contributed by atoms with van der Waals surface area (Å²) in [6.07, 6.45) is -1.06. The van der Waals surface area contributed by atoms with Gasteiger partial charge in [0, 0.05) is 4.47 Å². The van der Waals surface area contributed by atoms with Gasteiger partial charge in [0.05, 0.1) is 13.2 Å². The summed E-state index contributed by atoms with van der Waals surface area (Å²) >= 11 is 3.35. The second-order valence-electron chi connectivity index (χ2n) is 3.52. The highest BCUT2D eigenvalue weighted by Crippen LogP contribution is 2.17. The molecule has 0 aliphatic carbocycles. The molecule has 0 amide bonds. The topological polar surface area (TPSA) is 47.9 Å². The number of aliphatic hydroxyl groups excluding tert-OH is 1. The molecular weight excluding hydrogens is 276 g/mol. The molecule has 2 atom stereocenters. The Labute approximate surface area is 102 Å². The number of halogens is 1. The maximum absolute atomic E-state index is 9.20. The number of rotatable bonds is 3. The van der Waals surface area contributed by atoms with Crippen LogP contribution in [0.5, 0.6) is 5.75 Å². The fourth-order valence-electron chi connectivity index (χ4n) is 1.41. The number of hydrogen-bond acceptors (Lipinski definition) is 4. The summed E-state index contributed by atoms with van der Waals surface area (Å²) in [5.74, 6) is 0.770. The Morgan fingerprint density at radius 3 is 2.75 bits per heavy atom. The van der Waals surface area contributed by atoms with Gasteiger partial charge in [-0.25, -0.2) is 0 Å². The molecule has 0 spiro atoms. The van der Waals surface area contributed by atoms with E-state index in [-0.39, 0.29) is 12.7 Å². The third-order valence-electron chi connectivity index (χ3n) is 2.16. The third-order valence-corrected chi connectivity index (χ3v) is 2.69. The number of benzene rings is 1. The van der Waals surface area contributed by atoms with Gasteiger partial charge in [-0.15, -0.1) is 0 Å². The van der Waals surface area contributed by atoms with Crippen molar-refractivity contribution in [1.29, 1.82) is 0 Å². The Balaban J connectivity index is 1.80. The number of aliphatic hydroxyl groups is 1. The van der Waals surface area contributed by atoms with Gasteiger partial charge in [-0.05, 0) is 24.3 Å². The highest BCUT2D eigenvalue weighted by atomic mass is 79.9. The van der Waals surface area contributed by atoms with Crippen molar-refractivity contribution >= 4 is 15.9 Å². The molecule has 88 valence electrons. The van der Waals surface area contributed by atoms with Crippen molar-refractivity contribution in [2.45, 2.75) is 12.4 Å². The van der Waals surface area contributed by atoms with Gasteiger partial charge in [-0.2, -0.15) is 0 Å². The summed E-state index contributed by atoms with van der Waals surface area (Å²) in [6, 6.07) is 7.54. The quantitative estimate of drug-likeness (QED) is 0.917. The first-order chi connectivity index (χ1) is 7.74. The van der Waals surface area contributed by atoms with Crippen molar-refractivity contribution in [3.05, 3.63) is 28.7 Å². The molecular formula is C11H13BrO4. The molecule has 1 aliphatic heterocycles. The van der Waals surface area contributed by atoms with Crippen LogP contribution >= 0.6 is 15.9 Å². The lowest BCUT2D eigenvalue weighted by Gasteiger charge is -2.26. The van der Waals surface area contributed by atoms with E-state index in [1.807, 2.05) is 24.3 Å². The first-order valence-corrected chi connectivity index (χ1v) is 5.83. The third kappa shape index (κ3) is 3.45. The summed E-state index contributed by atoms with van der Waals surface area (Å²) in [4.78, 5) is 0. The first kappa shape index (κ1) is 11.9. The van der Waals surface area contributed by atoms with E-state index < -0.39 is 6.29 Å². The molecule has 16 heavy (non-hydrogen) atoms. The normalized spacial score (nSPS) is 25.4. The van der Waals surface area contributed by atoms with Crippen LogP contribution in [-0.4, -0.2) is 37.3 Å². The van der Waals surface area contributed by atoms with Crippen LogP contribution < -0.4 is 4.74 Å². The van der Waals surface area contributed by atoms with Crippen molar-refractivity contribution in [3.63, 3.8) is 0 Å². The Morgan fingerprint density at radius 2 is 2.06 bits per heavy atom. The molecule has 4 nitrogen and oxygen atoms in total. The minimum atomic E-state index is -0.840. The lowest BCUT2D eigenvalue weighted by Crippen LogP contribution is -2.39. The Morgan fingerprint density at radius 1 is 1.31 bits per heavy atom. The molecule has 1 aromatic carbocycles. The Bertz CT molecular complexity index is 327. The van der Waals surface area contributed by atoms with Crippen molar-refractivity contribution in [3.8, 4) is 5.75 Å². The average Bonchev–Trinajstić information content (AvgIpc) is 2.28. The maximum Gasteiger partial charge on any atom is 0.178 e. The molecule has 1 saturated heterocycles. The first-order valence-electron chi connectivity index (χ1n) is 5.03. The fourth-order valence-corrected chi connectivity index (χ4v) is 1.67. The van der Waals surface area contributed by atoms with Gasteiger partial charge in [0.15, 0.2) is 6.29 Å². The van der Waals surface area contributed by atoms with Gasteiger partial charge >= 0.3 is 0 Å². The number of ether oxygens (including phenoxy) is 3. The zero-order chi connectivity index (χ0) is 11.4. The molecule has 1 aliphatic rings. The minimum absolute atomic E-state index is 0.215. The second kappa shape index (κ2) is 5.63. The molecule has 1 aromatic rings. The lowest BCUT2D eigenvalue weighted by atomic mass is 10.3. The van der Waals surface area contributed by atoms with Crippen molar-refractivity contribution in [2.24, 2.45) is 0 Å². The van der Waals surface area contributed by atoms with Crippen LogP contribution in [0.3, 0.4) is 0 Å². The average molecular weight is 289 g/mol. The molecule has 1 fully saturated rings. The van der Waals surface area contributed by atoms with E-state index in [4.69, 9.17) is 14.2 Å². The van der Waals surface area contributed by atoms with Crippen molar-refractivity contribution < 1.29 is 19.3 Å². The monoisotopic (exact) mass is 288 g/mol. The molecule has 1 N–H and O–H groups in total. The maximum atomic E-state index is 9.20. The van der Waals surface area contributed by atoms with Gasteiger partial charge in [-0.1, -0.05) is 15.9 Å². The predicted molar refractivity (Wildman–Crippen MR) is 61.3 cm³/mol. The largest absolute Gasteiger partial charge is 0.491 e. The van der Waals surface area contributed by atoms with E-state index in [9.17, 15) is 5.11 Å². The van der Waals surface area contributed by atoms with Crippen LogP contribution in [-0.2, 0) is 9.47 Å². The smallest absolute Gasteiger partial charge is 0.178 e. The van der Waals surface area contributed by atoms with Crippen LogP contribution in [0.1, 0.15) is 0 Å². The standard InChI is InChI=1S/C11H13BrO4/c12-8-1-3-9(4-2-8)15-6-10-5-14-7-11(13)16-10/h1-4,10-11,13H,5-7H2/t10-,11+/m0/s1. The van der Waals surface area contributed by atoms with Crippen LogP contribution in [0.15, 0.2) is 28.7 Å². The summed E-state index contributed by atoms with van der Waals surface area (Å²) in [5.41, 5.74) is 0.